The molecule has 1 amide bonds. The summed E-state index contributed by atoms with van der Waals surface area (Å²) < 4.78 is 4.52. The first-order valence-corrected chi connectivity index (χ1v) is 10.3. The van der Waals surface area contributed by atoms with Crippen LogP contribution in [0.1, 0.15) is 17.4 Å². The predicted octanol–water partition coefficient (Wildman–Crippen LogP) is 3.01. The molecule has 0 saturated carbocycles. The zero-order chi connectivity index (χ0) is 22.6. The second-order valence-corrected chi connectivity index (χ2v) is 7.72. The first-order chi connectivity index (χ1) is 15.4. The Bertz CT molecular complexity index is 1670. The molecule has 0 spiro atoms. The maximum absolute atomic E-state index is 12.9. The lowest BCUT2D eigenvalue weighted by Gasteiger charge is -2.09. The third-order valence-corrected chi connectivity index (χ3v) is 5.88. The molecule has 0 aliphatic heterocycles. The Morgan fingerprint density at radius 1 is 0.906 bits per heavy atom. The summed E-state index contributed by atoms with van der Waals surface area (Å²) in [4.78, 5) is 41.8. The number of nitrogens with one attached hydrogen (secondary N) is 1. The molecule has 1 N–H and O–H groups in total. The van der Waals surface area contributed by atoms with E-state index >= 15 is 0 Å². The normalized spacial score (nSPS) is 11.5. The van der Waals surface area contributed by atoms with Gasteiger partial charge >= 0.3 is 5.69 Å². The quantitative estimate of drug-likeness (QED) is 0.479. The van der Waals surface area contributed by atoms with Crippen molar-refractivity contribution in [2.45, 2.75) is 13.5 Å². The summed E-state index contributed by atoms with van der Waals surface area (Å²) in [7, 11) is 2.94. The van der Waals surface area contributed by atoms with E-state index in [1.54, 1.807) is 0 Å². The molecule has 5 rings (SSSR count). The van der Waals surface area contributed by atoms with E-state index < -0.39 is 17.2 Å². The Morgan fingerprint density at radius 3 is 2.44 bits per heavy atom. The standard InChI is InChI=1S/C24H21N5O3/c1-4-29-19-8-6-5-7-15(19)17-13-14(9-12-20(17)29)25-22(30)18-11-10-16-21(26-18)27(2)24(32)28(3)23(16)31/h5-13H,4H2,1-3H3,(H,25,30). The SMILES string of the molecule is CCn1c2ccccc2c2cc(NC(=O)c3ccc4c(=O)n(C)c(=O)n(C)c4n3)ccc21. The van der Waals surface area contributed by atoms with Crippen LogP contribution in [-0.4, -0.2) is 24.6 Å². The van der Waals surface area contributed by atoms with Gasteiger partial charge in [0.25, 0.3) is 11.5 Å². The summed E-state index contributed by atoms with van der Waals surface area (Å²) in [6.07, 6.45) is 0. The molecule has 160 valence electrons. The van der Waals surface area contributed by atoms with Gasteiger partial charge in [-0.1, -0.05) is 18.2 Å². The molecular weight excluding hydrogens is 406 g/mol. The van der Waals surface area contributed by atoms with Crippen LogP contribution in [0.15, 0.2) is 64.2 Å². The van der Waals surface area contributed by atoms with Crippen LogP contribution in [0.4, 0.5) is 5.69 Å². The minimum atomic E-state index is -0.495. The molecule has 0 aliphatic carbocycles. The second-order valence-electron chi connectivity index (χ2n) is 7.72. The molecule has 2 aromatic carbocycles. The number of amides is 1. The molecule has 5 aromatic rings. The van der Waals surface area contributed by atoms with Gasteiger partial charge in [0.15, 0.2) is 0 Å². The molecule has 8 heteroatoms. The van der Waals surface area contributed by atoms with Crippen molar-refractivity contribution in [1.82, 2.24) is 18.7 Å². The molecule has 0 aliphatic rings. The summed E-state index contributed by atoms with van der Waals surface area (Å²) in [5.41, 5.74) is 2.24. The van der Waals surface area contributed by atoms with Crippen molar-refractivity contribution in [3.8, 4) is 0 Å². The van der Waals surface area contributed by atoms with Crippen molar-refractivity contribution in [1.29, 1.82) is 0 Å². The monoisotopic (exact) mass is 427 g/mol. The number of hydrogen-bond donors (Lipinski definition) is 1. The first kappa shape index (κ1) is 19.7. The molecular formula is C24H21N5O3. The highest BCUT2D eigenvalue weighted by Crippen LogP contribution is 2.31. The highest BCUT2D eigenvalue weighted by atomic mass is 16.2. The van der Waals surface area contributed by atoms with Gasteiger partial charge in [0.2, 0.25) is 0 Å². The second kappa shape index (κ2) is 7.19. The molecule has 0 unspecified atom stereocenters. The maximum atomic E-state index is 12.9. The molecule has 0 fully saturated rings. The lowest BCUT2D eigenvalue weighted by molar-refractivity contribution is 0.102. The van der Waals surface area contributed by atoms with Crippen molar-refractivity contribution < 1.29 is 4.79 Å². The van der Waals surface area contributed by atoms with Crippen molar-refractivity contribution >= 4 is 44.4 Å². The van der Waals surface area contributed by atoms with E-state index in [1.165, 1.54) is 30.8 Å². The number of nitrogens with zero attached hydrogens (tertiary/aromatic N) is 4. The number of aromatic nitrogens is 4. The van der Waals surface area contributed by atoms with Gasteiger partial charge in [-0.25, -0.2) is 9.78 Å². The van der Waals surface area contributed by atoms with Gasteiger partial charge in [-0.05, 0) is 43.3 Å². The summed E-state index contributed by atoms with van der Waals surface area (Å²) in [6, 6.07) is 17.0. The van der Waals surface area contributed by atoms with Crippen molar-refractivity contribution in [2.75, 3.05) is 5.32 Å². The lowest BCUT2D eigenvalue weighted by atomic mass is 10.1. The Hall–Kier alpha value is -4.20. The van der Waals surface area contributed by atoms with E-state index in [-0.39, 0.29) is 16.7 Å². The van der Waals surface area contributed by atoms with Crippen LogP contribution in [0.25, 0.3) is 32.8 Å². The molecule has 32 heavy (non-hydrogen) atoms. The number of para-hydroxylation sites is 1. The number of pyridine rings is 1. The number of fused-ring (bicyclic) bond motifs is 4. The van der Waals surface area contributed by atoms with Crippen molar-refractivity contribution in [3.63, 3.8) is 0 Å². The van der Waals surface area contributed by atoms with Gasteiger partial charge in [0, 0.05) is 48.1 Å². The van der Waals surface area contributed by atoms with E-state index in [2.05, 4.69) is 33.9 Å². The molecule has 0 atom stereocenters. The predicted molar refractivity (Wildman–Crippen MR) is 125 cm³/mol. The van der Waals surface area contributed by atoms with Crippen LogP contribution in [-0.2, 0) is 20.6 Å². The summed E-state index contributed by atoms with van der Waals surface area (Å²) in [5, 5.41) is 5.34. The van der Waals surface area contributed by atoms with E-state index in [4.69, 9.17) is 0 Å². The van der Waals surface area contributed by atoms with Crippen LogP contribution >= 0.6 is 0 Å². The number of anilines is 1. The molecule has 0 saturated heterocycles. The zero-order valence-electron chi connectivity index (χ0n) is 17.9. The fraction of sp³-hybridized carbons (Fsp3) is 0.167. The molecule has 0 radical (unpaired) electrons. The number of hydrogen-bond acceptors (Lipinski definition) is 4. The van der Waals surface area contributed by atoms with Crippen LogP contribution in [0.2, 0.25) is 0 Å². The van der Waals surface area contributed by atoms with Gasteiger partial charge in [-0.3, -0.25) is 18.7 Å². The molecule has 3 aromatic heterocycles. The minimum absolute atomic E-state index is 0.122. The first-order valence-electron chi connectivity index (χ1n) is 10.3. The average Bonchev–Trinajstić information content (AvgIpc) is 3.14. The average molecular weight is 427 g/mol. The van der Waals surface area contributed by atoms with Crippen molar-refractivity contribution in [3.05, 3.63) is 81.1 Å². The number of aryl methyl sites for hydroxylation is 2. The van der Waals surface area contributed by atoms with Gasteiger partial charge in [-0.15, -0.1) is 0 Å². The van der Waals surface area contributed by atoms with E-state index in [0.717, 1.165) is 32.9 Å². The van der Waals surface area contributed by atoms with E-state index in [1.807, 2.05) is 30.3 Å². The third-order valence-electron chi connectivity index (χ3n) is 5.88. The van der Waals surface area contributed by atoms with Gasteiger partial charge < -0.3 is 9.88 Å². The number of rotatable bonds is 3. The Kier molecular flexibility index (Phi) is 4.44. The smallest absolute Gasteiger partial charge is 0.332 e. The molecule has 0 bridgehead atoms. The highest BCUT2D eigenvalue weighted by Gasteiger charge is 2.15. The largest absolute Gasteiger partial charge is 0.341 e. The Balaban J connectivity index is 1.56. The third kappa shape index (κ3) is 2.84. The molecule has 8 nitrogen and oxygen atoms in total. The maximum Gasteiger partial charge on any atom is 0.332 e. The minimum Gasteiger partial charge on any atom is -0.341 e. The Labute approximate surface area is 182 Å². The summed E-state index contributed by atoms with van der Waals surface area (Å²) in [5.74, 6) is -0.418. The number of benzene rings is 2. The van der Waals surface area contributed by atoms with Crippen LogP contribution in [0, 0.1) is 0 Å². The fourth-order valence-electron chi connectivity index (χ4n) is 4.25. The number of carbonyl (C=O) groups excluding carboxylic acids is 1. The zero-order valence-corrected chi connectivity index (χ0v) is 17.9. The van der Waals surface area contributed by atoms with Crippen LogP contribution in [0.3, 0.4) is 0 Å². The van der Waals surface area contributed by atoms with E-state index in [9.17, 15) is 14.4 Å². The Morgan fingerprint density at radius 2 is 1.66 bits per heavy atom. The summed E-state index contributed by atoms with van der Waals surface area (Å²) in [6.45, 7) is 2.95. The van der Waals surface area contributed by atoms with Crippen LogP contribution < -0.4 is 16.6 Å². The van der Waals surface area contributed by atoms with Crippen molar-refractivity contribution in [2.24, 2.45) is 14.1 Å². The van der Waals surface area contributed by atoms with Gasteiger partial charge in [-0.2, -0.15) is 0 Å². The van der Waals surface area contributed by atoms with Gasteiger partial charge in [0.05, 0.1) is 5.39 Å². The van der Waals surface area contributed by atoms with Gasteiger partial charge in [0.1, 0.15) is 11.3 Å². The summed E-state index contributed by atoms with van der Waals surface area (Å²) >= 11 is 0. The molecule has 3 heterocycles. The topological polar surface area (TPSA) is 90.9 Å². The number of carbonyl (C=O) groups is 1. The highest BCUT2D eigenvalue weighted by molar-refractivity contribution is 6.11. The lowest BCUT2D eigenvalue weighted by Crippen LogP contribution is -2.37. The van der Waals surface area contributed by atoms with E-state index in [0.29, 0.717) is 5.69 Å². The fourth-order valence-corrected chi connectivity index (χ4v) is 4.25. The van der Waals surface area contributed by atoms with Crippen LogP contribution in [0.5, 0.6) is 0 Å².